The largest absolute Gasteiger partial charge is 0.442 e. The molecule has 0 fully saturated rings. The third-order valence-corrected chi connectivity index (χ3v) is 17.1. The lowest BCUT2D eigenvalue weighted by Crippen LogP contribution is -2.43. The van der Waals surface area contributed by atoms with Gasteiger partial charge < -0.3 is 39.2 Å². The van der Waals surface area contributed by atoms with Crippen molar-refractivity contribution in [1.29, 1.82) is 0 Å². The number of rotatable bonds is 16. The normalized spacial score (nSPS) is 13.5. The van der Waals surface area contributed by atoms with Crippen molar-refractivity contribution in [3.8, 4) is 0 Å². The third kappa shape index (κ3) is 19.3. The predicted octanol–water partition coefficient (Wildman–Crippen LogP) is 12.1. The number of anilines is 2. The van der Waals surface area contributed by atoms with Gasteiger partial charge in [0.05, 0.1) is 57.2 Å². The Morgan fingerprint density at radius 2 is 0.670 bits per heavy atom. The molecule has 4 aliphatic heterocycles. The maximum atomic E-state index is 12.9. The molecule has 0 atom stereocenters. The van der Waals surface area contributed by atoms with Gasteiger partial charge in [0.1, 0.15) is 16.8 Å². The Morgan fingerprint density at radius 1 is 0.396 bits per heavy atom. The molecule has 560 valence electrons. The predicted molar refractivity (Wildman–Crippen MR) is 403 cm³/mol. The zero-order valence-electron chi connectivity index (χ0n) is 61.0. The summed E-state index contributed by atoms with van der Waals surface area (Å²) in [7, 11) is 9.27. The highest BCUT2D eigenvalue weighted by Crippen LogP contribution is 2.39. The Labute approximate surface area is 628 Å². The van der Waals surface area contributed by atoms with Crippen molar-refractivity contribution in [2.75, 3.05) is 97.7 Å². The van der Waals surface area contributed by atoms with E-state index in [1.54, 1.807) is 148 Å². The van der Waals surface area contributed by atoms with Gasteiger partial charge in [-0.3, -0.25) is 58.0 Å². The molecule has 5 N–H and O–H groups in total. The second kappa shape index (κ2) is 34.6. The lowest BCUT2D eigenvalue weighted by Gasteiger charge is -2.28. The van der Waals surface area contributed by atoms with Gasteiger partial charge in [0.25, 0.3) is 35.4 Å². The molecule has 106 heavy (non-hydrogen) atoms. The molecule has 0 unspecified atom stereocenters. The minimum atomic E-state index is -0.737. The van der Waals surface area contributed by atoms with Gasteiger partial charge in [-0.1, -0.05) is 80.4 Å². The van der Waals surface area contributed by atoms with Crippen molar-refractivity contribution in [3.05, 3.63) is 175 Å². The Balaban J connectivity index is 0.000000172. The monoisotopic (exact) mass is 1580 g/mol. The highest BCUT2D eigenvalue weighted by Gasteiger charge is 2.37. The number of carbonyl (C=O) groups is 11. The first-order valence-corrected chi connectivity index (χ1v) is 34.8. The van der Waals surface area contributed by atoms with E-state index < -0.39 is 58.8 Å². The molecule has 0 spiro atoms. The Bertz CT molecular complexity index is 4690. The summed E-state index contributed by atoms with van der Waals surface area (Å²) in [4.78, 5) is 156. The molecule has 4 heterocycles. The molecule has 0 saturated heterocycles. The summed E-state index contributed by atoms with van der Waals surface area (Å²) in [6, 6.07) is 35.9. The molecule has 9 amide bonds. The molecule has 0 aliphatic carbocycles. The van der Waals surface area contributed by atoms with E-state index in [0.29, 0.717) is 73.8 Å². The van der Waals surface area contributed by atoms with Crippen LogP contribution in [0.4, 0.5) is 25.8 Å². The fourth-order valence-electron chi connectivity index (χ4n) is 11.4. The maximum Gasteiger partial charge on any atom is 0.431 e. The van der Waals surface area contributed by atoms with E-state index in [1.807, 2.05) is 80.5 Å². The topological polar surface area (TPSA) is 340 Å². The van der Waals surface area contributed by atoms with Crippen molar-refractivity contribution in [2.24, 2.45) is 5.73 Å². The molecule has 0 bridgehead atoms. The average molecular weight is 1590 g/mol. The summed E-state index contributed by atoms with van der Waals surface area (Å²) in [6.07, 6.45) is -2.07. The highest BCUT2D eigenvalue weighted by molar-refractivity contribution is 9.11. The van der Waals surface area contributed by atoms with E-state index in [4.69, 9.17) is 34.4 Å². The van der Waals surface area contributed by atoms with Gasteiger partial charge in [0.15, 0.2) is 0 Å². The van der Waals surface area contributed by atoms with Gasteiger partial charge >= 0.3 is 30.2 Å². The van der Waals surface area contributed by atoms with Crippen LogP contribution in [0.3, 0.4) is 0 Å². The quantitative estimate of drug-likeness (QED) is 0.0174. The van der Waals surface area contributed by atoms with Crippen LogP contribution in [-0.4, -0.2) is 185 Å². The molecule has 8 aromatic carbocycles. The first-order valence-electron chi connectivity index (χ1n) is 33.2. The number of nitrogens with two attached hydrogens (primary N) is 1. The maximum absolute atomic E-state index is 12.9. The zero-order valence-corrected chi connectivity index (χ0v) is 64.2. The molecule has 0 aromatic heterocycles. The van der Waals surface area contributed by atoms with Crippen LogP contribution in [0.15, 0.2) is 130 Å². The smallest absolute Gasteiger partial charge is 0.431 e. The molecule has 0 radical (unpaired) electrons. The number of nitrogens with zero attached hydrogens (tertiary/aromatic N) is 5. The summed E-state index contributed by atoms with van der Waals surface area (Å²) in [6.45, 7) is 16.8. The van der Waals surface area contributed by atoms with Crippen LogP contribution in [0.1, 0.15) is 145 Å². The molecule has 12 rings (SSSR count). The van der Waals surface area contributed by atoms with E-state index in [1.165, 1.54) is 4.90 Å². The standard InChI is InChI=1S/C21H25N3O5.C19H19BrN2O5.C17H18N2O3.C12H5BrO3.C7H16N2O3/c1-21(2,3)29-20(27)22-28-12-11-24-18(25)14-8-6-7-13-16(23(4)5)10-9-15(17(13)14)19(24)26;1-19(2,3)27-18(25)21-26-10-9-22-16(23)12-6-4-5-11-14(20)8-7-13(15(11)12)17(22)24;1-18(2)14-8-7-13-15-11(14)5-4-6-12(15)16(20)19(17(13)21)9-10-22-3;13-9-5-4-8-10-6(9)2-1-3-7(10)11(14)16-12(8)15;1-7(2,3)12-6(10)9-11-5-4-8/h6-10H,11-12H2,1-5H3,(H,22,27);4-8H,9-10H2,1-3H3,(H,21,25);4-8H,9-10H2,1-3H3;1-5H;4-5,8H2,1-3H3,(H,9,10). The van der Waals surface area contributed by atoms with E-state index in [0.717, 1.165) is 57.1 Å². The van der Waals surface area contributed by atoms with Crippen LogP contribution in [-0.2, 0) is 38.2 Å². The second-order valence-corrected chi connectivity index (χ2v) is 29.0. The number of carbonyl (C=O) groups excluding carboxylic acids is 11. The number of amides is 9. The number of hydrogen-bond donors (Lipinski definition) is 4. The van der Waals surface area contributed by atoms with E-state index in [9.17, 15) is 52.7 Å². The van der Waals surface area contributed by atoms with E-state index in [2.05, 4.69) is 57.9 Å². The van der Waals surface area contributed by atoms with Crippen LogP contribution in [0, 0.1) is 0 Å². The van der Waals surface area contributed by atoms with E-state index in [-0.39, 0.29) is 63.1 Å². The van der Waals surface area contributed by atoms with Gasteiger partial charge in [-0.2, -0.15) is 16.4 Å². The van der Waals surface area contributed by atoms with Gasteiger partial charge in [-0.15, -0.1) is 0 Å². The number of esters is 2. The summed E-state index contributed by atoms with van der Waals surface area (Å²) in [5, 5.41) is 6.16. The second-order valence-electron chi connectivity index (χ2n) is 27.3. The molecular weight excluding hydrogens is 1500 g/mol. The summed E-state index contributed by atoms with van der Waals surface area (Å²) < 4.78 is 26.3. The summed E-state index contributed by atoms with van der Waals surface area (Å²) in [5.41, 5.74) is 15.5. The van der Waals surface area contributed by atoms with E-state index >= 15 is 0 Å². The van der Waals surface area contributed by atoms with Crippen LogP contribution < -0.4 is 32.0 Å². The lowest BCUT2D eigenvalue weighted by atomic mass is 9.93. The highest BCUT2D eigenvalue weighted by atomic mass is 79.9. The first-order chi connectivity index (χ1) is 50.0. The van der Waals surface area contributed by atoms with Crippen LogP contribution in [0.5, 0.6) is 0 Å². The number of hydrogen-bond acceptors (Lipinski definition) is 22. The van der Waals surface area contributed by atoms with Crippen molar-refractivity contribution in [2.45, 2.75) is 79.1 Å². The minimum Gasteiger partial charge on any atom is -0.442 e. The van der Waals surface area contributed by atoms with Crippen molar-refractivity contribution in [3.63, 3.8) is 0 Å². The van der Waals surface area contributed by atoms with Crippen LogP contribution in [0.2, 0.25) is 0 Å². The minimum absolute atomic E-state index is 0.000639. The lowest BCUT2D eigenvalue weighted by molar-refractivity contribution is -0.0118. The first kappa shape index (κ1) is 81.2. The van der Waals surface area contributed by atoms with Gasteiger partial charge in [0.2, 0.25) is 0 Å². The number of cyclic esters (lactones) is 2. The van der Waals surface area contributed by atoms with Gasteiger partial charge in [-0.05, 0) is 146 Å². The molecule has 30 heteroatoms. The summed E-state index contributed by atoms with van der Waals surface area (Å²) in [5.74, 6) is -3.22. The number of ether oxygens (including phenoxy) is 5. The van der Waals surface area contributed by atoms with Gasteiger partial charge in [-0.25, -0.2) is 24.0 Å². The fraction of sp³-hybridized carbons (Fsp3) is 0.329. The summed E-state index contributed by atoms with van der Waals surface area (Å²) >= 11 is 6.85. The third-order valence-electron chi connectivity index (χ3n) is 15.7. The van der Waals surface area contributed by atoms with Crippen molar-refractivity contribution in [1.82, 2.24) is 31.1 Å². The number of benzene rings is 8. The zero-order chi connectivity index (χ0) is 77.9. The number of methoxy groups -OCH3 is 1. The number of imide groups is 3. The van der Waals surface area contributed by atoms with Crippen molar-refractivity contribution < 1.29 is 90.9 Å². The molecule has 0 saturated carbocycles. The number of halogens is 2. The van der Waals surface area contributed by atoms with Crippen LogP contribution in [0.25, 0.3) is 43.1 Å². The molecule has 28 nitrogen and oxygen atoms in total. The Kier molecular flexibility index (Phi) is 26.5. The molecule has 8 aromatic rings. The molecular formula is C76H83Br2N9O19. The Hall–Kier alpha value is -10.5. The number of nitrogens with one attached hydrogen (secondary N) is 3. The SMILES string of the molecule is CC(C)(C)OC(=O)NOCCN.CC(C)(C)OC(=O)NOCCN1C(=O)c2cccc3c(Br)ccc(c23)C1=O.CN(C)c1ccc2c3c(cccc13)C(=O)N(CCONC(=O)OC(C)(C)C)C2=O.COCCN1C(=O)c2cccc3c(N(C)C)ccc(c23)C1=O.O=C1OC(=O)c2ccc(Br)c3cccc1c23. The molecule has 4 aliphatic rings. The average Bonchev–Trinajstić information content (AvgIpc) is 0.755. The van der Waals surface area contributed by atoms with Crippen LogP contribution >= 0.6 is 31.9 Å². The van der Waals surface area contributed by atoms with Crippen molar-refractivity contribution >= 4 is 152 Å². The number of hydroxylamine groups is 3. The van der Waals surface area contributed by atoms with Gasteiger partial charge in [0, 0.05) is 128 Å². The Morgan fingerprint density at radius 3 is 1.00 bits per heavy atom. The fourth-order valence-corrected chi connectivity index (χ4v) is 12.3.